The van der Waals surface area contributed by atoms with Crippen molar-refractivity contribution >= 4 is 29.4 Å². The smallest absolute Gasteiger partial charge is 0.326 e. The summed E-state index contributed by atoms with van der Waals surface area (Å²) in [5.41, 5.74) is 0. The minimum Gasteiger partial charge on any atom is -0.482 e. The topological polar surface area (TPSA) is 113 Å². The van der Waals surface area contributed by atoms with Crippen molar-refractivity contribution in [1.29, 1.82) is 0 Å². The number of hydrogen-bond acceptors (Lipinski definition) is 4. The molecular weight excluding hydrogens is 290 g/mol. The molecule has 1 aromatic rings. The van der Waals surface area contributed by atoms with Crippen LogP contribution in [0.25, 0.3) is 0 Å². The Bertz CT molecular complexity index is 518. The summed E-state index contributed by atoms with van der Waals surface area (Å²) in [6, 6.07) is 4.95. The Labute approximate surface area is 119 Å². The lowest BCUT2D eigenvalue weighted by Gasteiger charge is -2.13. The Morgan fingerprint density at radius 2 is 1.90 bits per heavy atom. The number of amides is 1. The first-order valence-corrected chi connectivity index (χ1v) is 5.89. The molecule has 20 heavy (non-hydrogen) atoms. The number of rotatable bonds is 7. The van der Waals surface area contributed by atoms with Gasteiger partial charge in [-0.15, -0.1) is 0 Å². The predicted octanol–water partition coefficient (Wildman–Crippen LogP) is 0.763. The SMILES string of the molecule is O=C(O)C[C@@H](NC(=O)COc1ccccc1Cl)C(=O)O. The van der Waals surface area contributed by atoms with E-state index in [0.717, 1.165) is 0 Å². The van der Waals surface area contributed by atoms with Crippen molar-refractivity contribution in [3.63, 3.8) is 0 Å². The van der Waals surface area contributed by atoms with E-state index in [-0.39, 0.29) is 5.75 Å². The van der Waals surface area contributed by atoms with Gasteiger partial charge in [0.1, 0.15) is 11.8 Å². The molecule has 1 amide bonds. The number of halogens is 1. The first kappa shape index (κ1) is 15.8. The molecule has 8 heteroatoms. The van der Waals surface area contributed by atoms with Crippen LogP contribution in [0.2, 0.25) is 5.02 Å². The second-order valence-electron chi connectivity index (χ2n) is 3.78. The monoisotopic (exact) mass is 301 g/mol. The van der Waals surface area contributed by atoms with E-state index in [9.17, 15) is 14.4 Å². The number of aliphatic carboxylic acids is 2. The summed E-state index contributed by atoms with van der Waals surface area (Å²) in [6.45, 7) is -0.465. The largest absolute Gasteiger partial charge is 0.482 e. The third-order valence-corrected chi connectivity index (χ3v) is 2.52. The van der Waals surface area contributed by atoms with E-state index in [1.165, 1.54) is 0 Å². The quantitative estimate of drug-likeness (QED) is 0.685. The summed E-state index contributed by atoms with van der Waals surface area (Å²) in [7, 11) is 0. The van der Waals surface area contributed by atoms with E-state index in [1.807, 2.05) is 0 Å². The van der Waals surface area contributed by atoms with Crippen molar-refractivity contribution in [3.8, 4) is 5.75 Å². The van der Waals surface area contributed by atoms with E-state index in [4.69, 9.17) is 26.6 Å². The maximum Gasteiger partial charge on any atom is 0.326 e. The molecule has 0 saturated heterocycles. The van der Waals surface area contributed by atoms with Gasteiger partial charge in [0.25, 0.3) is 5.91 Å². The van der Waals surface area contributed by atoms with Gasteiger partial charge in [0.15, 0.2) is 6.61 Å². The van der Waals surface area contributed by atoms with Crippen LogP contribution in [-0.2, 0) is 14.4 Å². The first-order chi connectivity index (χ1) is 9.40. The normalized spacial score (nSPS) is 11.4. The number of hydrogen-bond donors (Lipinski definition) is 3. The average molecular weight is 302 g/mol. The van der Waals surface area contributed by atoms with Gasteiger partial charge in [0.2, 0.25) is 0 Å². The molecule has 0 aliphatic rings. The van der Waals surface area contributed by atoms with E-state index < -0.39 is 36.9 Å². The molecule has 1 atom stereocenters. The molecule has 3 N–H and O–H groups in total. The van der Waals surface area contributed by atoms with Gasteiger partial charge >= 0.3 is 11.9 Å². The van der Waals surface area contributed by atoms with Gasteiger partial charge in [0.05, 0.1) is 11.4 Å². The minimum absolute atomic E-state index is 0.273. The third kappa shape index (κ3) is 5.15. The number of para-hydroxylation sites is 1. The van der Waals surface area contributed by atoms with Crippen molar-refractivity contribution in [2.45, 2.75) is 12.5 Å². The standard InChI is InChI=1S/C12H12ClNO6/c13-7-3-1-2-4-9(7)20-6-10(15)14-8(12(18)19)5-11(16)17/h1-4,8H,5-6H2,(H,14,15)(H,16,17)(H,18,19)/t8-/m1/s1. The van der Waals surface area contributed by atoms with Gasteiger partial charge in [-0.3, -0.25) is 9.59 Å². The maximum atomic E-state index is 11.5. The van der Waals surface area contributed by atoms with E-state index >= 15 is 0 Å². The highest BCUT2D eigenvalue weighted by Gasteiger charge is 2.23. The average Bonchev–Trinajstić information content (AvgIpc) is 2.36. The lowest BCUT2D eigenvalue weighted by atomic mass is 10.2. The highest BCUT2D eigenvalue weighted by Crippen LogP contribution is 2.22. The Morgan fingerprint density at radius 3 is 2.45 bits per heavy atom. The number of nitrogens with one attached hydrogen (secondary N) is 1. The van der Waals surface area contributed by atoms with Crippen LogP contribution in [0, 0.1) is 0 Å². The van der Waals surface area contributed by atoms with Crippen LogP contribution in [0.5, 0.6) is 5.75 Å². The molecule has 0 fully saturated rings. The second-order valence-corrected chi connectivity index (χ2v) is 4.18. The predicted molar refractivity (Wildman–Crippen MR) is 68.8 cm³/mol. The van der Waals surface area contributed by atoms with Crippen LogP contribution >= 0.6 is 11.6 Å². The van der Waals surface area contributed by atoms with E-state index in [1.54, 1.807) is 24.3 Å². The fourth-order valence-electron chi connectivity index (χ4n) is 1.32. The Morgan fingerprint density at radius 1 is 1.25 bits per heavy atom. The van der Waals surface area contributed by atoms with Crippen molar-refractivity contribution in [1.82, 2.24) is 5.32 Å². The molecule has 0 radical (unpaired) electrons. The van der Waals surface area contributed by atoms with Gasteiger partial charge in [-0.1, -0.05) is 23.7 Å². The van der Waals surface area contributed by atoms with Crippen LogP contribution in [-0.4, -0.2) is 40.7 Å². The Balaban J connectivity index is 2.52. The van der Waals surface area contributed by atoms with E-state index in [0.29, 0.717) is 5.02 Å². The summed E-state index contributed by atoms with van der Waals surface area (Å²) in [5, 5.41) is 19.6. The zero-order valence-electron chi connectivity index (χ0n) is 10.2. The molecular formula is C12H12ClNO6. The van der Waals surface area contributed by atoms with Crippen LogP contribution < -0.4 is 10.1 Å². The summed E-state index contributed by atoms with van der Waals surface area (Å²) < 4.78 is 5.10. The summed E-state index contributed by atoms with van der Waals surface area (Å²) in [5.74, 6) is -3.24. The molecule has 108 valence electrons. The van der Waals surface area contributed by atoms with Crippen molar-refractivity contribution in [2.24, 2.45) is 0 Å². The van der Waals surface area contributed by atoms with Crippen LogP contribution in [0.15, 0.2) is 24.3 Å². The van der Waals surface area contributed by atoms with E-state index in [2.05, 4.69) is 5.32 Å². The molecule has 7 nitrogen and oxygen atoms in total. The van der Waals surface area contributed by atoms with Crippen LogP contribution in [0.3, 0.4) is 0 Å². The van der Waals surface area contributed by atoms with Gasteiger partial charge in [0, 0.05) is 0 Å². The fourth-order valence-corrected chi connectivity index (χ4v) is 1.51. The lowest BCUT2D eigenvalue weighted by molar-refractivity contribution is -0.147. The molecule has 1 aromatic carbocycles. The number of carbonyl (C=O) groups excluding carboxylic acids is 1. The van der Waals surface area contributed by atoms with Crippen LogP contribution in [0.1, 0.15) is 6.42 Å². The number of carbonyl (C=O) groups is 3. The van der Waals surface area contributed by atoms with Gasteiger partial charge in [-0.05, 0) is 12.1 Å². The van der Waals surface area contributed by atoms with Gasteiger partial charge < -0.3 is 20.3 Å². The summed E-state index contributed by atoms with van der Waals surface area (Å²) in [6.07, 6.45) is -0.715. The molecule has 0 aliphatic heterocycles. The first-order valence-electron chi connectivity index (χ1n) is 5.51. The molecule has 0 bridgehead atoms. The molecule has 1 rings (SSSR count). The lowest BCUT2D eigenvalue weighted by Crippen LogP contribution is -2.44. The van der Waals surface area contributed by atoms with Crippen LogP contribution in [0.4, 0.5) is 0 Å². The summed E-state index contributed by atoms with van der Waals surface area (Å²) in [4.78, 5) is 32.7. The Kier molecular flexibility index (Phi) is 5.79. The fraction of sp³-hybridized carbons (Fsp3) is 0.250. The maximum absolute atomic E-state index is 11.5. The highest BCUT2D eigenvalue weighted by molar-refractivity contribution is 6.32. The third-order valence-electron chi connectivity index (χ3n) is 2.21. The minimum atomic E-state index is -1.50. The zero-order chi connectivity index (χ0) is 15.1. The molecule has 0 spiro atoms. The van der Waals surface area contributed by atoms with Gasteiger partial charge in [-0.2, -0.15) is 0 Å². The molecule has 0 aromatic heterocycles. The number of benzene rings is 1. The number of carboxylic acid groups (broad SMARTS) is 2. The van der Waals surface area contributed by atoms with Crippen molar-refractivity contribution < 1.29 is 29.3 Å². The number of carboxylic acids is 2. The number of ether oxygens (including phenoxy) is 1. The molecule has 0 heterocycles. The van der Waals surface area contributed by atoms with Crippen molar-refractivity contribution in [2.75, 3.05) is 6.61 Å². The highest BCUT2D eigenvalue weighted by atomic mass is 35.5. The molecule has 0 unspecified atom stereocenters. The van der Waals surface area contributed by atoms with Crippen molar-refractivity contribution in [3.05, 3.63) is 29.3 Å². The Hall–Kier alpha value is -2.28. The second kappa shape index (κ2) is 7.34. The van der Waals surface area contributed by atoms with Gasteiger partial charge in [-0.25, -0.2) is 4.79 Å². The molecule has 0 saturated carbocycles. The zero-order valence-corrected chi connectivity index (χ0v) is 11.0. The molecule has 0 aliphatic carbocycles. The summed E-state index contributed by atoms with van der Waals surface area (Å²) >= 11 is 5.80.